The summed E-state index contributed by atoms with van der Waals surface area (Å²) in [5.41, 5.74) is 0.896. The molecule has 30 heavy (non-hydrogen) atoms. The molecule has 1 amide bonds. The Labute approximate surface area is 174 Å². The molecule has 0 radical (unpaired) electrons. The number of Topliss-reactive ketones (excluding diaryl/α,β-unsaturated/α-hetero) is 1. The van der Waals surface area contributed by atoms with Crippen LogP contribution in [0.15, 0.2) is 83.0 Å². The zero-order valence-corrected chi connectivity index (χ0v) is 16.6. The van der Waals surface area contributed by atoms with Crippen LogP contribution in [0.2, 0.25) is 0 Å². The lowest BCUT2D eigenvalue weighted by Crippen LogP contribution is -2.29. The van der Waals surface area contributed by atoms with Crippen LogP contribution in [0.25, 0.3) is 5.76 Å². The summed E-state index contributed by atoms with van der Waals surface area (Å²) < 4.78 is 11.2. The Bertz CT molecular complexity index is 1100. The maximum absolute atomic E-state index is 13.0. The van der Waals surface area contributed by atoms with Gasteiger partial charge >= 0.3 is 0 Å². The number of amides is 1. The van der Waals surface area contributed by atoms with Crippen molar-refractivity contribution in [3.05, 3.63) is 89.9 Å². The number of rotatable bonds is 5. The van der Waals surface area contributed by atoms with Crippen molar-refractivity contribution in [3.63, 3.8) is 0 Å². The average molecular weight is 403 g/mol. The molecule has 3 aromatic rings. The highest BCUT2D eigenvalue weighted by molar-refractivity contribution is 6.51. The second-order valence-corrected chi connectivity index (χ2v) is 7.21. The number of ketones is 1. The van der Waals surface area contributed by atoms with Gasteiger partial charge in [0.05, 0.1) is 17.9 Å². The molecule has 1 aliphatic rings. The zero-order valence-electron chi connectivity index (χ0n) is 16.6. The van der Waals surface area contributed by atoms with Crippen molar-refractivity contribution < 1.29 is 23.8 Å². The van der Waals surface area contributed by atoms with E-state index in [2.05, 4.69) is 0 Å². The first kappa shape index (κ1) is 19.5. The molecule has 1 saturated heterocycles. The highest BCUT2D eigenvalue weighted by Gasteiger charge is 2.48. The summed E-state index contributed by atoms with van der Waals surface area (Å²) in [6.07, 6.45) is 1.42. The van der Waals surface area contributed by atoms with Gasteiger partial charge in [0.15, 0.2) is 0 Å². The number of hydrogen-bond acceptors (Lipinski definition) is 5. The summed E-state index contributed by atoms with van der Waals surface area (Å²) in [7, 11) is 0. The third-order valence-corrected chi connectivity index (χ3v) is 4.77. The van der Waals surface area contributed by atoms with E-state index in [1.54, 1.807) is 60.7 Å². The first-order valence-corrected chi connectivity index (χ1v) is 9.64. The number of nitrogens with zero attached hydrogens (tertiary/aromatic N) is 1. The molecule has 2 heterocycles. The van der Waals surface area contributed by atoms with Crippen LogP contribution in [0.5, 0.6) is 5.75 Å². The summed E-state index contributed by atoms with van der Waals surface area (Å²) in [5, 5.41) is 11.1. The largest absolute Gasteiger partial charge is 0.507 e. The molecular weight excluding hydrogens is 382 g/mol. The minimum atomic E-state index is -0.878. The normalized spacial score (nSPS) is 18.2. The van der Waals surface area contributed by atoms with Crippen molar-refractivity contribution in [2.75, 3.05) is 4.90 Å². The van der Waals surface area contributed by atoms with Crippen LogP contribution < -0.4 is 9.64 Å². The lowest BCUT2D eigenvalue weighted by molar-refractivity contribution is -0.132. The molecule has 0 aliphatic carbocycles. The highest BCUT2D eigenvalue weighted by Crippen LogP contribution is 2.42. The molecule has 1 aromatic heterocycles. The molecule has 1 aliphatic heterocycles. The second kappa shape index (κ2) is 7.91. The first-order valence-electron chi connectivity index (χ1n) is 9.64. The van der Waals surface area contributed by atoms with Crippen molar-refractivity contribution >= 4 is 23.1 Å². The van der Waals surface area contributed by atoms with E-state index in [9.17, 15) is 14.7 Å². The van der Waals surface area contributed by atoms with Gasteiger partial charge in [0.25, 0.3) is 11.7 Å². The predicted molar refractivity (Wildman–Crippen MR) is 112 cm³/mol. The first-order chi connectivity index (χ1) is 14.5. The van der Waals surface area contributed by atoms with Gasteiger partial charge in [-0.3, -0.25) is 14.5 Å². The number of carbonyl (C=O) groups is 2. The van der Waals surface area contributed by atoms with E-state index in [4.69, 9.17) is 9.15 Å². The average Bonchev–Trinajstić information content (AvgIpc) is 3.35. The third-order valence-electron chi connectivity index (χ3n) is 4.77. The fourth-order valence-corrected chi connectivity index (χ4v) is 3.55. The summed E-state index contributed by atoms with van der Waals surface area (Å²) in [6, 6.07) is 18.1. The van der Waals surface area contributed by atoms with Gasteiger partial charge in [0, 0.05) is 11.3 Å². The van der Waals surface area contributed by atoms with E-state index in [1.807, 2.05) is 19.9 Å². The number of anilines is 1. The number of aliphatic hydroxyl groups is 1. The van der Waals surface area contributed by atoms with Crippen LogP contribution in [0.4, 0.5) is 5.69 Å². The van der Waals surface area contributed by atoms with Crippen molar-refractivity contribution in [1.29, 1.82) is 0 Å². The molecular formula is C24H21NO5. The fraction of sp³-hybridized carbons (Fsp3) is 0.167. The molecule has 0 saturated carbocycles. The van der Waals surface area contributed by atoms with Crippen LogP contribution in [0.1, 0.15) is 31.2 Å². The van der Waals surface area contributed by atoms with Gasteiger partial charge in [-0.2, -0.15) is 0 Å². The lowest BCUT2D eigenvalue weighted by atomic mass is 9.99. The van der Waals surface area contributed by atoms with Crippen LogP contribution in [0.3, 0.4) is 0 Å². The number of para-hydroxylation sites is 1. The van der Waals surface area contributed by atoms with E-state index in [0.29, 0.717) is 22.8 Å². The third kappa shape index (κ3) is 3.48. The standard InChI is InChI=1S/C24H21NO5/c1-15(2)30-18-11-6-8-16(14-18)22(26)20-21(19-12-7-13-29-19)25(24(28)23(20)27)17-9-4-3-5-10-17/h3-15,21,26H,1-2H3/b22-20-. The van der Waals surface area contributed by atoms with E-state index < -0.39 is 17.7 Å². The van der Waals surface area contributed by atoms with Crippen LogP contribution in [-0.4, -0.2) is 22.9 Å². The molecule has 1 fully saturated rings. The number of furan rings is 1. The van der Waals surface area contributed by atoms with E-state index in [-0.39, 0.29) is 17.4 Å². The topological polar surface area (TPSA) is 80.0 Å². The van der Waals surface area contributed by atoms with Gasteiger partial charge in [-0.15, -0.1) is 0 Å². The molecule has 6 nitrogen and oxygen atoms in total. The van der Waals surface area contributed by atoms with Crippen LogP contribution >= 0.6 is 0 Å². The number of carbonyl (C=O) groups excluding carboxylic acids is 2. The Hall–Kier alpha value is -3.80. The fourth-order valence-electron chi connectivity index (χ4n) is 3.55. The molecule has 1 N–H and O–H groups in total. The maximum Gasteiger partial charge on any atom is 0.300 e. The smallest absolute Gasteiger partial charge is 0.300 e. The Morgan fingerprint density at radius 3 is 2.47 bits per heavy atom. The molecule has 0 bridgehead atoms. The van der Waals surface area contributed by atoms with Crippen molar-refractivity contribution in [2.24, 2.45) is 0 Å². The molecule has 4 rings (SSSR count). The summed E-state index contributed by atoms with van der Waals surface area (Å²) >= 11 is 0. The number of ether oxygens (including phenoxy) is 1. The Balaban J connectivity index is 1.87. The SMILES string of the molecule is CC(C)Oc1cccc(/C(O)=C2/C(=O)C(=O)N(c3ccccc3)C2c2ccco2)c1. The van der Waals surface area contributed by atoms with Crippen LogP contribution in [0, 0.1) is 0 Å². The zero-order chi connectivity index (χ0) is 21.3. The monoisotopic (exact) mass is 403 g/mol. The number of benzene rings is 2. The van der Waals surface area contributed by atoms with Crippen molar-refractivity contribution in [1.82, 2.24) is 0 Å². The van der Waals surface area contributed by atoms with Gasteiger partial charge in [-0.05, 0) is 50.2 Å². The quantitative estimate of drug-likeness (QED) is 0.380. The van der Waals surface area contributed by atoms with Gasteiger partial charge in [0.2, 0.25) is 0 Å². The minimum Gasteiger partial charge on any atom is -0.507 e. The Morgan fingerprint density at radius 2 is 1.80 bits per heavy atom. The van der Waals surface area contributed by atoms with Gasteiger partial charge in [-0.25, -0.2) is 0 Å². The maximum atomic E-state index is 13.0. The highest BCUT2D eigenvalue weighted by atomic mass is 16.5. The summed E-state index contributed by atoms with van der Waals surface area (Å²) in [6.45, 7) is 3.80. The van der Waals surface area contributed by atoms with Gasteiger partial charge < -0.3 is 14.3 Å². The molecule has 2 aromatic carbocycles. The van der Waals surface area contributed by atoms with Gasteiger partial charge in [-0.1, -0.05) is 30.3 Å². The molecule has 1 unspecified atom stereocenters. The van der Waals surface area contributed by atoms with Crippen LogP contribution in [-0.2, 0) is 9.59 Å². The lowest BCUT2D eigenvalue weighted by Gasteiger charge is -2.23. The second-order valence-electron chi connectivity index (χ2n) is 7.21. The molecule has 0 spiro atoms. The number of hydrogen-bond donors (Lipinski definition) is 1. The predicted octanol–water partition coefficient (Wildman–Crippen LogP) is 4.69. The van der Waals surface area contributed by atoms with E-state index >= 15 is 0 Å². The molecule has 1 atom stereocenters. The Kier molecular flexibility index (Phi) is 5.14. The van der Waals surface area contributed by atoms with Crippen molar-refractivity contribution in [2.45, 2.75) is 26.0 Å². The number of aliphatic hydroxyl groups excluding tert-OH is 1. The molecule has 152 valence electrons. The van der Waals surface area contributed by atoms with E-state index in [1.165, 1.54) is 11.2 Å². The van der Waals surface area contributed by atoms with Crippen molar-refractivity contribution in [3.8, 4) is 5.75 Å². The van der Waals surface area contributed by atoms with E-state index in [0.717, 1.165) is 0 Å². The Morgan fingerprint density at radius 1 is 1.03 bits per heavy atom. The molecule has 6 heteroatoms. The summed E-state index contributed by atoms with van der Waals surface area (Å²) in [4.78, 5) is 27.3. The minimum absolute atomic E-state index is 0.0273. The summed E-state index contributed by atoms with van der Waals surface area (Å²) in [5.74, 6) is -0.830. The van der Waals surface area contributed by atoms with Gasteiger partial charge in [0.1, 0.15) is 23.3 Å².